The van der Waals surface area contributed by atoms with Crippen LogP contribution in [0, 0.1) is 0 Å². The van der Waals surface area contributed by atoms with Crippen LogP contribution in [-0.4, -0.2) is 24.3 Å². The molecule has 1 aromatic carbocycles. The number of benzene rings is 1. The molecule has 0 saturated heterocycles. The van der Waals surface area contributed by atoms with E-state index in [0.29, 0.717) is 6.54 Å². The number of hydrogen-bond acceptors (Lipinski definition) is 3. The van der Waals surface area contributed by atoms with Crippen molar-refractivity contribution in [3.63, 3.8) is 0 Å². The molecule has 13 heavy (non-hydrogen) atoms. The molecule has 0 unspecified atom stereocenters. The Morgan fingerprint density at radius 1 is 1.31 bits per heavy atom. The van der Waals surface area contributed by atoms with Gasteiger partial charge in [-0.3, -0.25) is 0 Å². The Bertz CT molecular complexity index is 226. The quantitative estimate of drug-likeness (QED) is 0.602. The predicted octanol–water partition coefficient (Wildman–Crippen LogP) is 0.0958. The lowest BCUT2D eigenvalue weighted by molar-refractivity contribution is 0.262. The first-order chi connectivity index (χ1) is 6.33. The van der Waals surface area contributed by atoms with E-state index in [4.69, 9.17) is 10.8 Å². The summed E-state index contributed by atoms with van der Waals surface area (Å²) < 4.78 is 0. The maximum Gasteiger partial charge on any atom is 0.0594 e. The van der Waals surface area contributed by atoms with Gasteiger partial charge in [0.1, 0.15) is 0 Å². The lowest BCUT2D eigenvalue weighted by Crippen LogP contribution is -2.36. The Balaban J connectivity index is 2.20. The molecule has 3 nitrogen and oxygen atoms in total. The first-order valence-corrected chi connectivity index (χ1v) is 4.44. The number of aliphatic hydroxyl groups is 1. The molecule has 1 rings (SSSR count). The summed E-state index contributed by atoms with van der Waals surface area (Å²) >= 11 is 0. The van der Waals surface area contributed by atoms with Crippen molar-refractivity contribution >= 4 is 0 Å². The summed E-state index contributed by atoms with van der Waals surface area (Å²) in [6, 6.07) is 9.94. The van der Waals surface area contributed by atoms with Crippen LogP contribution in [0.3, 0.4) is 0 Å². The normalized spacial score (nSPS) is 12.8. The van der Waals surface area contributed by atoms with Crippen LogP contribution in [-0.2, 0) is 6.54 Å². The van der Waals surface area contributed by atoms with E-state index in [9.17, 15) is 0 Å². The first-order valence-electron chi connectivity index (χ1n) is 4.44. The average molecular weight is 180 g/mol. The molecule has 0 aromatic heterocycles. The highest BCUT2D eigenvalue weighted by atomic mass is 16.3. The second-order valence-corrected chi connectivity index (χ2v) is 3.06. The second-order valence-electron chi connectivity index (χ2n) is 3.06. The molecule has 0 fully saturated rings. The SMILES string of the molecule is N[C@@H](CO)CNCc1ccccc1. The van der Waals surface area contributed by atoms with Gasteiger partial charge in [0.05, 0.1) is 6.61 Å². The van der Waals surface area contributed by atoms with E-state index in [2.05, 4.69) is 17.4 Å². The monoisotopic (exact) mass is 180 g/mol. The molecule has 0 heterocycles. The molecule has 0 aliphatic heterocycles. The molecule has 72 valence electrons. The fourth-order valence-electron chi connectivity index (χ4n) is 1.06. The smallest absolute Gasteiger partial charge is 0.0594 e. The van der Waals surface area contributed by atoms with Gasteiger partial charge >= 0.3 is 0 Å². The van der Waals surface area contributed by atoms with Crippen molar-refractivity contribution in [1.29, 1.82) is 0 Å². The number of hydrogen-bond donors (Lipinski definition) is 3. The van der Waals surface area contributed by atoms with Crippen LogP contribution >= 0.6 is 0 Å². The van der Waals surface area contributed by atoms with E-state index in [1.165, 1.54) is 5.56 Å². The van der Waals surface area contributed by atoms with Gasteiger partial charge in [-0.15, -0.1) is 0 Å². The van der Waals surface area contributed by atoms with E-state index in [1.54, 1.807) is 0 Å². The molecule has 0 spiro atoms. The van der Waals surface area contributed by atoms with Gasteiger partial charge in [0.25, 0.3) is 0 Å². The van der Waals surface area contributed by atoms with Crippen molar-refractivity contribution in [1.82, 2.24) is 5.32 Å². The van der Waals surface area contributed by atoms with Crippen molar-refractivity contribution in [2.45, 2.75) is 12.6 Å². The fraction of sp³-hybridized carbons (Fsp3) is 0.400. The van der Waals surface area contributed by atoms with Crippen LogP contribution in [0.4, 0.5) is 0 Å². The highest BCUT2D eigenvalue weighted by molar-refractivity contribution is 5.14. The van der Waals surface area contributed by atoms with Crippen LogP contribution < -0.4 is 11.1 Å². The summed E-state index contributed by atoms with van der Waals surface area (Å²) in [6.45, 7) is 1.47. The van der Waals surface area contributed by atoms with Crippen molar-refractivity contribution < 1.29 is 5.11 Å². The topological polar surface area (TPSA) is 58.3 Å². The van der Waals surface area contributed by atoms with Crippen molar-refractivity contribution in [2.75, 3.05) is 13.2 Å². The van der Waals surface area contributed by atoms with Crippen LogP contribution in [0.15, 0.2) is 30.3 Å². The van der Waals surface area contributed by atoms with Gasteiger partial charge < -0.3 is 16.2 Å². The van der Waals surface area contributed by atoms with Crippen molar-refractivity contribution in [2.24, 2.45) is 5.73 Å². The summed E-state index contributed by atoms with van der Waals surface area (Å²) in [5.74, 6) is 0. The van der Waals surface area contributed by atoms with Gasteiger partial charge in [0.15, 0.2) is 0 Å². The highest BCUT2D eigenvalue weighted by Gasteiger charge is 1.98. The van der Waals surface area contributed by atoms with Crippen LogP contribution in [0.5, 0.6) is 0 Å². The summed E-state index contributed by atoms with van der Waals surface area (Å²) in [5.41, 5.74) is 6.75. The molecular formula is C10H16N2O. The van der Waals surface area contributed by atoms with Gasteiger partial charge in [0, 0.05) is 19.1 Å². The van der Waals surface area contributed by atoms with E-state index >= 15 is 0 Å². The maximum atomic E-state index is 8.67. The molecule has 3 heteroatoms. The minimum absolute atomic E-state index is 0.0296. The highest BCUT2D eigenvalue weighted by Crippen LogP contribution is 1.96. The largest absolute Gasteiger partial charge is 0.395 e. The Hall–Kier alpha value is -0.900. The molecule has 1 atom stereocenters. The number of aliphatic hydroxyl groups excluding tert-OH is 1. The van der Waals surface area contributed by atoms with Gasteiger partial charge in [-0.2, -0.15) is 0 Å². The van der Waals surface area contributed by atoms with Gasteiger partial charge in [0.2, 0.25) is 0 Å². The Morgan fingerprint density at radius 3 is 2.62 bits per heavy atom. The molecule has 0 saturated carbocycles. The van der Waals surface area contributed by atoms with Gasteiger partial charge in [-0.1, -0.05) is 30.3 Å². The zero-order valence-electron chi connectivity index (χ0n) is 7.61. The zero-order valence-corrected chi connectivity index (χ0v) is 7.61. The van der Waals surface area contributed by atoms with Crippen molar-refractivity contribution in [3.8, 4) is 0 Å². The van der Waals surface area contributed by atoms with E-state index in [1.807, 2.05) is 18.2 Å². The third kappa shape index (κ3) is 4.03. The average Bonchev–Trinajstić information content (AvgIpc) is 2.19. The molecule has 0 bridgehead atoms. The van der Waals surface area contributed by atoms with Crippen molar-refractivity contribution in [3.05, 3.63) is 35.9 Å². The summed E-state index contributed by atoms with van der Waals surface area (Å²) in [5, 5.41) is 11.8. The third-order valence-corrected chi connectivity index (χ3v) is 1.81. The third-order valence-electron chi connectivity index (χ3n) is 1.81. The Kier molecular flexibility index (Phi) is 4.46. The minimum Gasteiger partial charge on any atom is -0.395 e. The predicted molar refractivity (Wildman–Crippen MR) is 53.2 cm³/mol. The summed E-state index contributed by atoms with van der Waals surface area (Å²) in [7, 11) is 0. The van der Waals surface area contributed by atoms with E-state index in [0.717, 1.165) is 6.54 Å². The van der Waals surface area contributed by atoms with Gasteiger partial charge in [-0.05, 0) is 5.56 Å². The number of nitrogens with one attached hydrogen (secondary N) is 1. The Labute approximate surface area is 78.6 Å². The van der Waals surface area contributed by atoms with Crippen LogP contribution in [0.2, 0.25) is 0 Å². The second kappa shape index (κ2) is 5.70. The number of nitrogens with two attached hydrogens (primary N) is 1. The Morgan fingerprint density at radius 2 is 2.00 bits per heavy atom. The molecule has 0 radical (unpaired) electrons. The lowest BCUT2D eigenvalue weighted by atomic mass is 10.2. The number of rotatable bonds is 5. The lowest BCUT2D eigenvalue weighted by Gasteiger charge is -2.09. The standard InChI is InChI=1S/C10H16N2O/c11-10(8-13)7-12-6-9-4-2-1-3-5-9/h1-5,10,12-13H,6-8,11H2/t10-/m1/s1. The molecule has 4 N–H and O–H groups in total. The molecule has 1 aromatic rings. The fourth-order valence-corrected chi connectivity index (χ4v) is 1.06. The maximum absolute atomic E-state index is 8.67. The molecule has 0 aliphatic carbocycles. The van der Waals surface area contributed by atoms with E-state index in [-0.39, 0.29) is 12.6 Å². The zero-order chi connectivity index (χ0) is 9.52. The molecule has 0 amide bonds. The molecular weight excluding hydrogens is 164 g/mol. The minimum atomic E-state index is -0.163. The van der Waals surface area contributed by atoms with Crippen LogP contribution in [0.25, 0.3) is 0 Å². The summed E-state index contributed by atoms with van der Waals surface area (Å²) in [6.07, 6.45) is 0. The summed E-state index contributed by atoms with van der Waals surface area (Å²) in [4.78, 5) is 0. The van der Waals surface area contributed by atoms with E-state index < -0.39 is 0 Å². The molecule has 0 aliphatic rings. The first kappa shape index (κ1) is 10.2. The van der Waals surface area contributed by atoms with Crippen LogP contribution in [0.1, 0.15) is 5.56 Å². The van der Waals surface area contributed by atoms with Gasteiger partial charge in [-0.25, -0.2) is 0 Å².